The second kappa shape index (κ2) is 13.3. The van der Waals surface area contributed by atoms with Gasteiger partial charge in [0.05, 0.1) is 12.3 Å². The van der Waals surface area contributed by atoms with Gasteiger partial charge in [-0.15, -0.1) is 0 Å². The molecule has 7 heteroatoms. The zero-order valence-corrected chi connectivity index (χ0v) is 24.0. The van der Waals surface area contributed by atoms with Crippen molar-refractivity contribution in [3.8, 4) is 5.69 Å². The highest BCUT2D eigenvalue weighted by Crippen LogP contribution is 2.47. The molecule has 1 aliphatic heterocycles. The smallest absolute Gasteiger partial charge is 0.348 e. The van der Waals surface area contributed by atoms with Gasteiger partial charge in [0.2, 0.25) is 5.79 Å². The Morgan fingerprint density at radius 2 is 1.05 bits per heavy atom. The minimum absolute atomic E-state index is 0.419. The Kier molecular flexibility index (Phi) is 9.37. The van der Waals surface area contributed by atoms with E-state index in [9.17, 15) is 9.59 Å². The molecule has 7 nitrogen and oxygen atoms in total. The standard InChI is InChI=1S/C34H39N3O4/c1-3-4-5-6-7-8-9-19-26-41-34(40-2)30(27-20-13-10-14-21-27)36-32(38)35(29-24-17-12-18-25-29)33(39)37(36)31(34)28-22-15-11-16-23-28/h10-18,20-25H,3-9,19,26H2,1-2H3. The maximum Gasteiger partial charge on any atom is 0.353 e. The Balaban J connectivity index is 1.57. The quantitative estimate of drug-likeness (QED) is 0.138. The number of hydrogen-bond acceptors (Lipinski definition) is 4. The largest absolute Gasteiger partial charge is 0.353 e. The number of unbranched alkanes of at least 4 members (excludes halogenated alkanes) is 7. The number of methoxy groups -OCH3 is 1. The van der Waals surface area contributed by atoms with E-state index in [1.807, 2.05) is 78.9 Å². The second-order valence-corrected chi connectivity index (χ2v) is 10.4. The zero-order valence-electron chi connectivity index (χ0n) is 24.0. The lowest BCUT2D eigenvalue weighted by molar-refractivity contribution is -0.191. The average Bonchev–Trinajstić information content (AvgIpc) is 3.45. The molecule has 0 saturated carbocycles. The summed E-state index contributed by atoms with van der Waals surface area (Å²) < 4.78 is 17.0. The van der Waals surface area contributed by atoms with Gasteiger partial charge in [-0.25, -0.2) is 23.5 Å². The van der Waals surface area contributed by atoms with Gasteiger partial charge in [-0.2, -0.15) is 0 Å². The Morgan fingerprint density at radius 3 is 1.51 bits per heavy atom. The Labute approximate surface area is 242 Å². The van der Waals surface area contributed by atoms with Gasteiger partial charge in [0.25, 0.3) is 0 Å². The van der Waals surface area contributed by atoms with Gasteiger partial charge >= 0.3 is 11.4 Å². The predicted octanol–water partition coefficient (Wildman–Crippen LogP) is 6.17. The molecule has 0 N–H and O–H groups in total. The number of aromatic nitrogens is 3. The molecule has 0 fully saturated rings. The molecule has 0 unspecified atom stereocenters. The fourth-order valence-electron chi connectivity index (χ4n) is 5.68. The first-order chi connectivity index (χ1) is 20.1. The van der Waals surface area contributed by atoms with Gasteiger partial charge in [0.1, 0.15) is 0 Å². The average molecular weight is 554 g/mol. The molecule has 41 heavy (non-hydrogen) atoms. The highest BCUT2D eigenvalue weighted by atomic mass is 16.7. The summed E-state index contributed by atoms with van der Waals surface area (Å²) in [5, 5.41) is 0. The van der Waals surface area contributed by atoms with Crippen LogP contribution >= 0.6 is 0 Å². The van der Waals surface area contributed by atoms with Crippen molar-refractivity contribution in [3.63, 3.8) is 0 Å². The summed E-state index contributed by atoms with van der Waals surface area (Å²) in [4.78, 5) is 28.3. The molecular formula is C34H39N3O4. The van der Waals surface area contributed by atoms with Gasteiger partial charge in [0, 0.05) is 7.11 Å². The van der Waals surface area contributed by atoms with Crippen LogP contribution < -0.4 is 11.4 Å². The van der Waals surface area contributed by atoms with Crippen molar-refractivity contribution in [2.24, 2.45) is 0 Å². The van der Waals surface area contributed by atoms with E-state index >= 15 is 0 Å². The molecule has 5 rings (SSSR count). The number of rotatable bonds is 14. The van der Waals surface area contributed by atoms with Crippen LogP contribution in [0.25, 0.3) is 5.69 Å². The summed E-state index contributed by atoms with van der Waals surface area (Å²) >= 11 is 0. The van der Waals surface area contributed by atoms with Crippen molar-refractivity contribution >= 4 is 0 Å². The summed E-state index contributed by atoms with van der Waals surface area (Å²) in [6.07, 6.45) is 9.36. The predicted molar refractivity (Wildman–Crippen MR) is 161 cm³/mol. The molecule has 0 aliphatic carbocycles. The third kappa shape index (κ3) is 5.61. The molecule has 1 aromatic heterocycles. The van der Waals surface area contributed by atoms with Crippen LogP contribution in [0.1, 0.15) is 69.4 Å². The summed E-state index contributed by atoms with van der Waals surface area (Å²) in [6, 6.07) is 29.0. The monoisotopic (exact) mass is 553 g/mol. The second-order valence-electron chi connectivity index (χ2n) is 10.4. The van der Waals surface area contributed by atoms with Gasteiger partial charge in [-0.3, -0.25) is 0 Å². The summed E-state index contributed by atoms with van der Waals surface area (Å²) in [5.41, 5.74) is 1.00. The lowest BCUT2D eigenvalue weighted by Crippen LogP contribution is -2.49. The Hall–Kier alpha value is -3.68. The van der Waals surface area contributed by atoms with E-state index in [1.54, 1.807) is 19.2 Å². The first-order valence-corrected chi connectivity index (χ1v) is 14.7. The van der Waals surface area contributed by atoms with Crippen LogP contribution in [-0.4, -0.2) is 33.4 Å². The van der Waals surface area contributed by atoms with E-state index in [4.69, 9.17) is 9.47 Å². The minimum atomic E-state index is -1.47. The van der Waals surface area contributed by atoms with E-state index in [0.29, 0.717) is 24.4 Å². The molecule has 3 aromatic carbocycles. The number of benzene rings is 3. The Morgan fingerprint density at radius 1 is 0.610 bits per heavy atom. The maximum absolute atomic E-state index is 14.1. The van der Waals surface area contributed by atoms with Crippen LogP contribution in [0.3, 0.4) is 0 Å². The van der Waals surface area contributed by atoms with Gasteiger partial charge in [0.15, 0.2) is 12.1 Å². The van der Waals surface area contributed by atoms with Gasteiger partial charge in [-0.1, -0.05) is 131 Å². The molecule has 0 amide bonds. The summed E-state index contributed by atoms with van der Waals surface area (Å²) in [6.45, 7) is 2.65. The number of fused-ring (bicyclic) bond motifs is 1. The third-order valence-corrected chi connectivity index (χ3v) is 7.69. The molecule has 2 radical (unpaired) electrons. The molecular weight excluding hydrogens is 514 g/mol. The van der Waals surface area contributed by atoms with E-state index in [-0.39, 0.29) is 0 Å². The number of hydrogen-bond donors (Lipinski definition) is 0. The van der Waals surface area contributed by atoms with E-state index in [1.165, 1.54) is 46.0 Å². The van der Waals surface area contributed by atoms with Crippen LogP contribution in [0.15, 0.2) is 101 Å². The molecule has 0 bridgehead atoms. The van der Waals surface area contributed by atoms with Gasteiger partial charge in [-0.05, 0) is 29.7 Å². The molecule has 1 aliphatic rings. The van der Waals surface area contributed by atoms with Crippen LogP contribution in [0, 0.1) is 12.1 Å². The van der Waals surface area contributed by atoms with Crippen molar-refractivity contribution in [2.75, 3.05) is 13.7 Å². The van der Waals surface area contributed by atoms with Crippen LogP contribution in [0.2, 0.25) is 0 Å². The number of ether oxygens (including phenoxy) is 2. The summed E-state index contributed by atoms with van der Waals surface area (Å²) in [5.74, 6) is -1.47. The molecule has 4 aromatic rings. The zero-order chi connectivity index (χ0) is 28.7. The highest BCUT2D eigenvalue weighted by molar-refractivity contribution is 5.50. The minimum Gasteiger partial charge on any atom is -0.348 e. The van der Waals surface area contributed by atoms with Crippen molar-refractivity contribution in [1.82, 2.24) is 13.9 Å². The van der Waals surface area contributed by atoms with Crippen LogP contribution in [0.4, 0.5) is 0 Å². The maximum atomic E-state index is 14.1. The molecule has 2 heterocycles. The van der Waals surface area contributed by atoms with E-state index in [0.717, 1.165) is 30.4 Å². The van der Waals surface area contributed by atoms with Crippen molar-refractivity contribution in [3.05, 3.63) is 135 Å². The fourth-order valence-corrected chi connectivity index (χ4v) is 5.68. The van der Waals surface area contributed by atoms with Crippen molar-refractivity contribution < 1.29 is 9.47 Å². The van der Waals surface area contributed by atoms with Crippen molar-refractivity contribution in [2.45, 2.75) is 64.1 Å². The normalized spacial score (nSPS) is 14.9. The van der Waals surface area contributed by atoms with Crippen LogP contribution in [0.5, 0.6) is 0 Å². The molecule has 0 saturated heterocycles. The Bertz CT molecular complexity index is 1410. The third-order valence-electron chi connectivity index (χ3n) is 7.69. The number of para-hydroxylation sites is 1. The lowest BCUT2D eigenvalue weighted by atomic mass is 9.89. The fraction of sp³-hybridized carbons (Fsp3) is 0.353. The topological polar surface area (TPSA) is 67.4 Å². The van der Waals surface area contributed by atoms with E-state index < -0.39 is 17.2 Å². The SMILES string of the molecule is CCCCCCCCCCOC1(OC)[C](c2ccccc2)n2c(=O)n(-c3ccccc3)c(=O)n2[C]1c1ccccc1. The lowest BCUT2D eigenvalue weighted by Gasteiger charge is -2.36. The first kappa shape index (κ1) is 28.8. The van der Waals surface area contributed by atoms with Gasteiger partial charge < -0.3 is 9.47 Å². The molecule has 214 valence electrons. The number of nitrogens with zero attached hydrogens (tertiary/aromatic N) is 3. The summed E-state index contributed by atoms with van der Waals surface area (Å²) in [7, 11) is 1.58. The van der Waals surface area contributed by atoms with Crippen LogP contribution in [-0.2, 0) is 9.47 Å². The first-order valence-electron chi connectivity index (χ1n) is 14.7. The van der Waals surface area contributed by atoms with Crippen molar-refractivity contribution in [1.29, 1.82) is 0 Å². The molecule has 0 atom stereocenters. The molecule has 0 spiro atoms. The highest BCUT2D eigenvalue weighted by Gasteiger charge is 2.61. The van der Waals surface area contributed by atoms with E-state index in [2.05, 4.69) is 6.92 Å².